The van der Waals surface area contributed by atoms with Gasteiger partial charge in [0, 0.05) is 28.9 Å². The summed E-state index contributed by atoms with van der Waals surface area (Å²) in [5.41, 5.74) is 15.8. The maximum atomic E-state index is 11.8. The van der Waals surface area contributed by atoms with Crippen LogP contribution in [0.1, 0.15) is 41.2 Å². The number of nitrogens with two attached hydrogens (primary N) is 2. The molecule has 4 heterocycles. The van der Waals surface area contributed by atoms with E-state index in [-0.39, 0.29) is 0 Å². The number of hydrogen-bond donors (Lipinski definition) is 2. The van der Waals surface area contributed by atoms with E-state index in [0.29, 0.717) is 16.5 Å². The zero-order valence-electron chi connectivity index (χ0n) is 14.9. The number of nitrogen functional groups attached to an aromatic ring is 1. The number of thiophene rings is 2. The maximum Gasteiger partial charge on any atom is 0.260 e. The van der Waals surface area contributed by atoms with Crippen molar-refractivity contribution in [2.24, 2.45) is 11.7 Å². The second-order valence-corrected chi connectivity index (χ2v) is 9.12. The Morgan fingerprint density at radius 2 is 2.19 bits per heavy atom. The van der Waals surface area contributed by atoms with Gasteiger partial charge in [0.05, 0.1) is 11.4 Å². The minimum atomic E-state index is -0.485. The molecule has 4 rings (SSSR count). The minimum absolute atomic E-state index is 0.408. The number of primary amides is 1. The number of hydrogen-bond acceptors (Lipinski definition) is 6. The van der Waals surface area contributed by atoms with Gasteiger partial charge in [-0.25, -0.2) is 4.98 Å². The number of pyridine rings is 1. The summed E-state index contributed by atoms with van der Waals surface area (Å²) < 4.78 is 0. The van der Waals surface area contributed by atoms with E-state index in [2.05, 4.69) is 30.2 Å². The third-order valence-electron chi connectivity index (χ3n) is 4.83. The van der Waals surface area contributed by atoms with E-state index in [1.807, 2.05) is 6.07 Å². The zero-order chi connectivity index (χ0) is 18.4. The van der Waals surface area contributed by atoms with Gasteiger partial charge in [-0.05, 0) is 35.9 Å². The first-order valence-electron chi connectivity index (χ1n) is 8.75. The topological polar surface area (TPSA) is 85.2 Å². The summed E-state index contributed by atoms with van der Waals surface area (Å²) in [6.45, 7) is 7.29. The Hall–Kier alpha value is -1.96. The molecule has 0 bridgehead atoms. The van der Waals surface area contributed by atoms with Crippen molar-refractivity contribution in [2.45, 2.75) is 33.4 Å². The molecule has 3 aromatic heterocycles. The fourth-order valence-corrected chi connectivity index (χ4v) is 5.28. The number of fused-ring (bicyclic) bond motifs is 2. The summed E-state index contributed by atoms with van der Waals surface area (Å²) in [6.07, 6.45) is 1.17. The van der Waals surface area contributed by atoms with E-state index in [1.165, 1.54) is 28.2 Å². The molecule has 3 aromatic rings. The molecule has 5 nitrogen and oxygen atoms in total. The Kier molecular flexibility index (Phi) is 4.46. The van der Waals surface area contributed by atoms with Gasteiger partial charge in [-0.2, -0.15) is 0 Å². The number of amides is 1. The van der Waals surface area contributed by atoms with Gasteiger partial charge in [-0.15, -0.1) is 22.7 Å². The zero-order valence-corrected chi connectivity index (χ0v) is 16.5. The van der Waals surface area contributed by atoms with Crippen molar-refractivity contribution in [1.29, 1.82) is 0 Å². The van der Waals surface area contributed by atoms with Gasteiger partial charge >= 0.3 is 0 Å². The van der Waals surface area contributed by atoms with Gasteiger partial charge in [0.15, 0.2) is 0 Å². The molecular weight excluding hydrogens is 364 g/mol. The highest BCUT2D eigenvalue weighted by Crippen LogP contribution is 2.45. The van der Waals surface area contributed by atoms with Crippen molar-refractivity contribution in [1.82, 2.24) is 9.88 Å². The Labute approximate surface area is 160 Å². The summed E-state index contributed by atoms with van der Waals surface area (Å²) in [5, 5.41) is 2.95. The van der Waals surface area contributed by atoms with Gasteiger partial charge in [-0.3, -0.25) is 9.69 Å². The van der Waals surface area contributed by atoms with Crippen LogP contribution < -0.4 is 11.5 Å². The third kappa shape index (κ3) is 2.90. The molecule has 0 aromatic carbocycles. The molecule has 1 aliphatic heterocycles. The highest BCUT2D eigenvalue weighted by atomic mass is 32.1. The van der Waals surface area contributed by atoms with Crippen LogP contribution in [0.15, 0.2) is 17.5 Å². The van der Waals surface area contributed by atoms with Crippen molar-refractivity contribution >= 4 is 44.5 Å². The van der Waals surface area contributed by atoms with Crippen molar-refractivity contribution in [3.8, 4) is 10.4 Å². The fraction of sp³-hybridized carbons (Fsp3) is 0.368. The molecule has 0 saturated heterocycles. The molecule has 1 aliphatic rings. The van der Waals surface area contributed by atoms with E-state index in [9.17, 15) is 4.79 Å². The molecule has 4 N–H and O–H groups in total. The fourth-order valence-electron chi connectivity index (χ4n) is 3.50. The van der Waals surface area contributed by atoms with Crippen LogP contribution in [0.2, 0.25) is 0 Å². The van der Waals surface area contributed by atoms with Crippen LogP contribution in [-0.2, 0) is 13.1 Å². The highest BCUT2D eigenvalue weighted by molar-refractivity contribution is 7.21. The van der Waals surface area contributed by atoms with Gasteiger partial charge in [0.25, 0.3) is 5.91 Å². The molecule has 26 heavy (non-hydrogen) atoms. The van der Waals surface area contributed by atoms with Crippen LogP contribution in [0.3, 0.4) is 0 Å². The summed E-state index contributed by atoms with van der Waals surface area (Å²) in [4.78, 5) is 21.5. The van der Waals surface area contributed by atoms with Gasteiger partial charge < -0.3 is 11.5 Å². The van der Waals surface area contributed by atoms with Crippen LogP contribution >= 0.6 is 22.7 Å². The Balaban J connectivity index is 1.87. The van der Waals surface area contributed by atoms with Crippen LogP contribution in [0.4, 0.5) is 5.69 Å². The van der Waals surface area contributed by atoms with Crippen LogP contribution in [0.25, 0.3) is 20.7 Å². The lowest BCUT2D eigenvalue weighted by Gasteiger charge is -2.15. The van der Waals surface area contributed by atoms with Crippen molar-refractivity contribution in [3.05, 3.63) is 33.6 Å². The van der Waals surface area contributed by atoms with Crippen molar-refractivity contribution in [2.75, 3.05) is 12.3 Å². The van der Waals surface area contributed by atoms with E-state index < -0.39 is 5.91 Å². The Morgan fingerprint density at radius 3 is 2.85 bits per heavy atom. The molecule has 7 heteroatoms. The van der Waals surface area contributed by atoms with Gasteiger partial charge in [-0.1, -0.05) is 19.9 Å². The largest absolute Gasteiger partial charge is 0.397 e. The second-order valence-electron chi connectivity index (χ2n) is 7.17. The van der Waals surface area contributed by atoms with E-state index >= 15 is 0 Å². The molecule has 0 unspecified atom stereocenters. The highest BCUT2D eigenvalue weighted by Gasteiger charge is 2.29. The van der Waals surface area contributed by atoms with Gasteiger partial charge in [0.1, 0.15) is 9.71 Å². The second kappa shape index (κ2) is 6.64. The molecule has 0 fully saturated rings. The normalized spacial score (nSPS) is 14.4. The SMILES string of the molecule is CC(C)CCN1Cc2nc3sc(C(N)=O)c(N)c3c(-c3cccs3)c2C1. The van der Waals surface area contributed by atoms with Crippen molar-refractivity contribution in [3.63, 3.8) is 0 Å². The molecule has 1 amide bonds. The van der Waals surface area contributed by atoms with E-state index in [0.717, 1.165) is 41.1 Å². The molecule has 0 aliphatic carbocycles. The smallest absolute Gasteiger partial charge is 0.260 e. The molecule has 0 spiro atoms. The minimum Gasteiger partial charge on any atom is -0.397 e. The van der Waals surface area contributed by atoms with Crippen LogP contribution in [0.5, 0.6) is 0 Å². The quantitative estimate of drug-likeness (QED) is 0.692. The van der Waals surface area contributed by atoms with E-state index in [1.54, 1.807) is 11.3 Å². The van der Waals surface area contributed by atoms with Gasteiger partial charge in [0.2, 0.25) is 0 Å². The summed E-state index contributed by atoms with van der Waals surface area (Å²) >= 11 is 2.99. The average molecular weight is 387 g/mol. The first-order valence-corrected chi connectivity index (χ1v) is 10.4. The average Bonchev–Trinajstić information content (AvgIpc) is 3.30. The lowest BCUT2D eigenvalue weighted by atomic mass is 10.0. The predicted octanol–water partition coefficient (Wildman–Crippen LogP) is 4.07. The molecule has 136 valence electrons. The maximum absolute atomic E-state index is 11.8. The predicted molar refractivity (Wildman–Crippen MR) is 109 cm³/mol. The number of rotatable bonds is 5. The molecule has 0 radical (unpaired) electrons. The lowest BCUT2D eigenvalue weighted by Crippen LogP contribution is -2.19. The third-order valence-corrected chi connectivity index (χ3v) is 6.83. The standard InChI is InChI=1S/C19H22N4OS2/c1-10(2)5-6-23-8-11-12(9-23)22-19-15(14(11)13-4-3-7-25-13)16(20)17(26-19)18(21)24/h3-4,7,10H,5-6,8-9,20H2,1-2H3,(H2,21,24). The molecule has 0 atom stereocenters. The van der Waals surface area contributed by atoms with Crippen molar-refractivity contribution < 1.29 is 4.79 Å². The number of carbonyl (C=O) groups excluding carboxylic acids is 1. The van der Waals surface area contributed by atoms with Crippen LogP contribution in [0, 0.1) is 5.92 Å². The number of anilines is 1. The Morgan fingerprint density at radius 1 is 1.38 bits per heavy atom. The van der Waals surface area contributed by atoms with E-state index in [4.69, 9.17) is 16.5 Å². The number of aromatic nitrogens is 1. The summed E-state index contributed by atoms with van der Waals surface area (Å²) in [6, 6.07) is 4.15. The number of carbonyl (C=O) groups is 1. The summed E-state index contributed by atoms with van der Waals surface area (Å²) in [7, 11) is 0. The first-order chi connectivity index (χ1) is 12.5. The Bertz CT molecular complexity index is 975. The number of nitrogens with zero attached hydrogens (tertiary/aromatic N) is 2. The van der Waals surface area contributed by atoms with Crippen LogP contribution in [-0.4, -0.2) is 22.3 Å². The monoisotopic (exact) mass is 386 g/mol. The summed E-state index contributed by atoms with van der Waals surface area (Å²) in [5.74, 6) is 0.196. The molecule has 0 saturated carbocycles. The lowest BCUT2D eigenvalue weighted by molar-refractivity contribution is 0.100. The first kappa shape index (κ1) is 17.5. The molecular formula is C19H22N4OS2.